The zero-order valence-electron chi connectivity index (χ0n) is 15.9. The van der Waals surface area contributed by atoms with Crippen molar-refractivity contribution < 1.29 is 9.53 Å². The molecule has 0 saturated heterocycles. The number of nitrogens with one attached hydrogen (secondary N) is 1. The number of hydrogen-bond donors (Lipinski definition) is 1. The number of aromatic nitrogens is 3. The Labute approximate surface area is 164 Å². The van der Waals surface area contributed by atoms with Crippen molar-refractivity contribution >= 4 is 17.7 Å². The Hall–Kier alpha value is -2.28. The van der Waals surface area contributed by atoms with E-state index in [4.69, 9.17) is 4.74 Å². The molecule has 144 valence electrons. The van der Waals surface area contributed by atoms with Crippen LogP contribution in [0.25, 0.3) is 11.4 Å². The number of benzene rings is 1. The van der Waals surface area contributed by atoms with Crippen LogP contribution in [0.1, 0.15) is 32.6 Å². The maximum absolute atomic E-state index is 12.5. The Morgan fingerprint density at radius 3 is 2.70 bits per heavy atom. The molecule has 1 aromatic heterocycles. The first kappa shape index (κ1) is 19.5. The minimum atomic E-state index is -0.234. The SMILES string of the molecule is C=CCn1c(SC(C)C(=O)NC2CCCC2)nnc1-c1ccc(OC)cc1. The summed E-state index contributed by atoms with van der Waals surface area (Å²) >= 11 is 1.43. The number of amides is 1. The quantitative estimate of drug-likeness (QED) is 0.554. The fourth-order valence-corrected chi connectivity index (χ4v) is 4.09. The third-order valence-electron chi connectivity index (χ3n) is 4.73. The van der Waals surface area contributed by atoms with Gasteiger partial charge in [-0.15, -0.1) is 16.8 Å². The number of allylic oxidation sites excluding steroid dienone is 1. The van der Waals surface area contributed by atoms with E-state index in [1.165, 1.54) is 24.6 Å². The summed E-state index contributed by atoms with van der Waals surface area (Å²) in [5.41, 5.74) is 0.945. The number of thioether (sulfide) groups is 1. The highest BCUT2D eigenvalue weighted by Crippen LogP contribution is 2.28. The molecule has 27 heavy (non-hydrogen) atoms. The van der Waals surface area contributed by atoms with Crippen LogP contribution in [-0.2, 0) is 11.3 Å². The first-order chi connectivity index (χ1) is 13.1. The first-order valence-electron chi connectivity index (χ1n) is 9.28. The van der Waals surface area contributed by atoms with Gasteiger partial charge in [0.15, 0.2) is 11.0 Å². The summed E-state index contributed by atoms with van der Waals surface area (Å²) in [6.45, 7) is 6.33. The summed E-state index contributed by atoms with van der Waals surface area (Å²) in [5.74, 6) is 1.61. The van der Waals surface area contributed by atoms with E-state index in [0.717, 1.165) is 35.1 Å². The van der Waals surface area contributed by atoms with Gasteiger partial charge in [-0.25, -0.2) is 0 Å². The number of ether oxygens (including phenoxy) is 1. The summed E-state index contributed by atoms with van der Waals surface area (Å²) in [6.07, 6.45) is 6.37. The zero-order valence-corrected chi connectivity index (χ0v) is 16.7. The first-order valence-corrected chi connectivity index (χ1v) is 10.2. The van der Waals surface area contributed by atoms with Crippen LogP contribution in [0, 0.1) is 0 Å². The molecular weight excluding hydrogens is 360 g/mol. The molecule has 1 aromatic carbocycles. The fraction of sp³-hybridized carbons (Fsp3) is 0.450. The van der Waals surface area contributed by atoms with Crippen molar-refractivity contribution in [2.24, 2.45) is 0 Å². The number of methoxy groups -OCH3 is 1. The molecule has 1 N–H and O–H groups in total. The van der Waals surface area contributed by atoms with E-state index in [1.807, 2.05) is 41.8 Å². The third kappa shape index (κ3) is 4.71. The van der Waals surface area contributed by atoms with Gasteiger partial charge in [0.25, 0.3) is 0 Å². The van der Waals surface area contributed by atoms with Crippen molar-refractivity contribution in [2.45, 2.75) is 55.6 Å². The average molecular weight is 387 g/mol. The van der Waals surface area contributed by atoms with Gasteiger partial charge < -0.3 is 10.1 Å². The molecule has 6 nitrogen and oxygen atoms in total. The monoisotopic (exact) mass is 386 g/mol. The van der Waals surface area contributed by atoms with E-state index < -0.39 is 0 Å². The second kappa shape index (κ2) is 9.08. The molecule has 3 rings (SSSR count). The van der Waals surface area contributed by atoms with E-state index in [-0.39, 0.29) is 11.2 Å². The lowest BCUT2D eigenvalue weighted by Crippen LogP contribution is -2.37. The summed E-state index contributed by atoms with van der Waals surface area (Å²) in [6, 6.07) is 8.01. The van der Waals surface area contributed by atoms with Crippen LogP contribution in [0.2, 0.25) is 0 Å². The van der Waals surface area contributed by atoms with Crippen molar-refractivity contribution in [3.8, 4) is 17.1 Å². The molecule has 7 heteroatoms. The molecule has 0 bridgehead atoms. The molecule has 1 unspecified atom stereocenters. The molecule has 2 aromatic rings. The van der Waals surface area contributed by atoms with Gasteiger partial charge in [-0.1, -0.05) is 30.7 Å². The highest BCUT2D eigenvalue weighted by molar-refractivity contribution is 8.00. The molecule has 1 amide bonds. The predicted molar refractivity (Wildman–Crippen MR) is 108 cm³/mol. The van der Waals surface area contributed by atoms with E-state index >= 15 is 0 Å². The molecule has 0 spiro atoms. The highest BCUT2D eigenvalue weighted by atomic mass is 32.2. The topological polar surface area (TPSA) is 69.0 Å². The van der Waals surface area contributed by atoms with Crippen LogP contribution in [0.5, 0.6) is 5.75 Å². The maximum atomic E-state index is 12.5. The molecule has 1 aliphatic rings. The van der Waals surface area contributed by atoms with Gasteiger partial charge in [-0.3, -0.25) is 9.36 Å². The van der Waals surface area contributed by atoms with Crippen LogP contribution in [-0.4, -0.2) is 39.1 Å². The van der Waals surface area contributed by atoms with E-state index in [1.54, 1.807) is 7.11 Å². The van der Waals surface area contributed by atoms with Gasteiger partial charge in [0, 0.05) is 18.2 Å². The number of hydrogen-bond acceptors (Lipinski definition) is 5. The van der Waals surface area contributed by atoms with Gasteiger partial charge in [0.05, 0.1) is 12.4 Å². The summed E-state index contributed by atoms with van der Waals surface area (Å²) in [7, 11) is 1.64. The van der Waals surface area contributed by atoms with Gasteiger partial charge in [0.2, 0.25) is 5.91 Å². The Kier molecular flexibility index (Phi) is 6.55. The minimum Gasteiger partial charge on any atom is -0.497 e. The van der Waals surface area contributed by atoms with Crippen LogP contribution < -0.4 is 10.1 Å². The second-order valence-electron chi connectivity index (χ2n) is 6.68. The summed E-state index contributed by atoms with van der Waals surface area (Å²) < 4.78 is 7.20. The largest absolute Gasteiger partial charge is 0.497 e. The Morgan fingerprint density at radius 1 is 1.37 bits per heavy atom. The van der Waals surface area contributed by atoms with Crippen molar-refractivity contribution in [1.82, 2.24) is 20.1 Å². The Balaban J connectivity index is 1.75. The van der Waals surface area contributed by atoms with Crippen LogP contribution in [0.15, 0.2) is 42.1 Å². The normalized spacial score (nSPS) is 15.5. The van der Waals surface area contributed by atoms with Gasteiger partial charge in [-0.05, 0) is 44.0 Å². The number of carbonyl (C=O) groups excluding carboxylic acids is 1. The molecule has 1 heterocycles. The Bertz CT molecular complexity index is 782. The molecule has 0 radical (unpaired) electrons. The molecule has 1 fully saturated rings. The van der Waals surface area contributed by atoms with Gasteiger partial charge in [0.1, 0.15) is 5.75 Å². The highest BCUT2D eigenvalue weighted by Gasteiger charge is 2.23. The molecule has 1 aliphatic carbocycles. The molecule has 1 atom stereocenters. The second-order valence-corrected chi connectivity index (χ2v) is 7.99. The van der Waals surface area contributed by atoms with Crippen LogP contribution in [0.4, 0.5) is 0 Å². The van der Waals surface area contributed by atoms with Crippen molar-refractivity contribution in [2.75, 3.05) is 7.11 Å². The molecule has 0 aliphatic heterocycles. The Morgan fingerprint density at radius 2 is 2.07 bits per heavy atom. The number of nitrogens with zero attached hydrogens (tertiary/aromatic N) is 3. The summed E-state index contributed by atoms with van der Waals surface area (Å²) in [5, 5.41) is 12.3. The third-order valence-corrected chi connectivity index (χ3v) is 5.81. The van der Waals surface area contributed by atoms with E-state index in [0.29, 0.717) is 12.6 Å². The maximum Gasteiger partial charge on any atom is 0.233 e. The van der Waals surface area contributed by atoms with E-state index in [2.05, 4.69) is 22.1 Å². The molecular formula is C20H26N4O2S. The lowest BCUT2D eigenvalue weighted by molar-refractivity contribution is -0.120. The smallest absolute Gasteiger partial charge is 0.233 e. The average Bonchev–Trinajstić information content (AvgIpc) is 3.33. The van der Waals surface area contributed by atoms with Gasteiger partial charge >= 0.3 is 0 Å². The van der Waals surface area contributed by atoms with Gasteiger partial charge in [-0.2, -0.15) is 0 Å². The lowest BCUT2D eigenvalue weighted by atomic mass is 10.2. The minimum absolute atomic E-state index is 0.0612. The predicted octanol–water partition coefficient (Wildman–Crippen LogP) is 3.68. The standard InChI is InChI=1S/C20H26N4O2S/c1-4-13-24-18(15-9-11-17(26-3)12-10-15)22-23-20(24)27-14(2)19(25)21-16-7-5-6-8-16/h4,9-12,14,16H,1,5-8,13H2,2-3H3,(H,21,25). The van der Waals surface area contributed by atoms with Crippen LogP contribution in [0.3, 0.4) is 0 Å². The van der Waals surface area contributed by atoms with Crippen LogP contribution >= 0.6 is 11.8 Å². The zero-order chi connectivity index (χ0) is 19.2. The van der Waals surface area contributed by atoms with Crippen molar-refractivity contribution in [1.29, 1.82) is 0 Å². The lowest BCUT2D eigenvalue weighted by Gasteiger charge is -2.16. The molecule has 1 saturated carbocycles. The summed E-state index contributed by atoms with van der Waals surface area (Å²) in [4.78, 5) is 12.5. The van der Waals surface area contributed by atoms with Crippen molar-refractivity contribution in [3.63, 3.8) is 0 Å². The number of carbonyl (C=O) groups is 1. The fourth-order valence-electron chi connectivity index (χ4n) is 3.22. The van der Waals surface area contributed by atoms with E-state index in [9.17, 15) is 4.79 Å². The van der Waals surface area contributed by atoms with Crippen molar-refractivity contribution in [3.05, 3.63) is 36.9 Å². The number of rotatable bonds is 8.